The molecular weight excluding hydrogens is 254 g/mol. The molecule has 4 N–H and O–H groups in total. The Balaban J connectivity index is 0.000000199. The van der Waals surface area contributed by atoms with Crippen LogP contribution in [0.5, 0.6) is 0 Å². The second kappa shape index (κ2) is 5.65. The summed E-state index contributed by atoms with van der Waals surface area (Å²) in [5, 5.41) is 8.40. The van der Waals surface area contributed by atoms with Crippen LogP contribution in [0, 0.1) is 13.8 Å². The van der Waals surface area contributed by atoms with Crippen molar-refractivity contribution in [1.29, 1.82) is 0 Å². The molecule has 7 heteroatoms. The smallest absolute Gasteiger partial charge is 0.240 e. The van der Waals surface area contributed by atoms with Crippen molar-refractivity contribution >= 4 is 15.7 Å². The van der Waals surface area contributed by atoms with Crippen LogP contribution in [0.15, 0.2) is 39.9 Å². The number of nitrogen functional groups attached to an aromatic ring is 1. The van der Waals surface area contributed by atoms with Crippen LogP contribution in [0.1, 0.15) is 11.3 Å². The van der Waals surface area contributed by atoms with Gasteiger partial charge in [0.15, 0.2) is 0 Å². The van der Waals surface area contributed by atoms with Gasteiger partial charge in [0.25, 0.3) is 0 Å². The minimum Gasteiger partial charge on any atom is -0.398 e. The molecule has 0 amide bonds. The quantitative estimate of drug-likeness (QED) is 0.755. The third-order valence-corrected chi connectivity index (χ3v) is 3.20. The summed E-state index contributed by atoms with van der Waals surface area (Å²) in [6.45, 7) is 3.86. The molecule has 0 atom stereocenters. The number of benzene rings is 1. The number of nitrogens with two attached hydrogens (primary N) is 2. The lowest BCUT2D eigenvalue weighted by atomic mass is 10.3. The number of aryl methyl sites for hydroxylation is 2. The van der Waals surface area contributed by atoms with Gasteiger partial charge in [0.05, 0.1) is 11.9 Å². The molecule has 0 saturated carbocycles. The first kappa shape index (κ1) is 14.2. The lowest BCUT2D eigenvalue weighted by Crippen LogP contribution is -2.13. The molecule has 0 unspecified atom stereocenters. The van der Waals surface area contributed by atoms with Gasteiger partial charge in [0.1, 0.15) is 10.7 Å². The summed E-state index contributed by atoms with van der Waals surface area (Å²) in [5.74, 6) is 0.903. The Morgan fingerprint density at radius 2 is 1.83 bits per heavy atom. The Bertz CT molecular complexity index is 603. The predicted molar refractivity (Wildman–Crippen MR) is 68.2 cm³/mol. The summed E-state index contributed by atoms with van der Waals surface area (Å²) in [6.07, 6.45) is 1.70. The van der Waals surface area contributed by atoms with E-state index in [0.29, 0.717) is 0 Å². The number of aromatic nitrogens is 1. The van der Waals surface area contributed by atoms with Crippen molar-refractivity contribution in [3.8, 4) is 0 Å². The minimum atomic E-state index is -3.66. The number of primary sulfonamides is 1. The van der Waals surface area contributed by atoms with E-state index in [9.17, 15) is 8.42 Å². The van der Waals surface area contributed by atoms with E-state index in [0.717, 1.165) is 11.3 Å². The summed E-state index contributed by atoms with van der Waals surface area (Å²) >= 11 is 0. The Kier molecular flexibility index (Phi) is 4.46. The molecule has 2 aromatic rings. The lowest BCUT2D eigenvalue weighted by molar-refractivity contribution is 0.396. The normalized spacial score (nSPS) is 10.6. The van der Waals surface area contributed by atoms with Crippen LogP contribution < -0.4 is 10.9 Å². The predicted octanol–water partition coefficient (Wildman–Crippen LogP) is 1.21. The fourth-order valence-electron chi connectivity index (χ4n) is 1.09. The van der Waals surface area contributed by atoms with Crippen molar-refractivity contribution in [3.63, 3.8) is 0 Å². The number of rotatable bonds is 1. The van der Waals surface area contributed by atoms with E-state index in [1.807, 2.05) is 13.8 Å². The average molecular weight is 269 g/mol. The molecule has 18 heavy (non-hydrogen) atoms. The van der Waals surface area contributed by atoms with E-state index in [-0.39, 0.29) is 10.6 Å². The minimum absolute atomic E-state index is 0.0278. The van der Waals surface area contributed by atoms with Crippen molar-refractivity contribution in [3.05, 3.63) is 41.8 Å². The Morgan fingerprint density at radius 1 is 1.22 bits per heavy atom. The first-order valence-corrected chi connectivity index (χ1v) is 6.62. The molecule has 1 heterocycles. The Hall–Kier alpha value is -1.86. The van der Waals surface area contributed by atoms with Crippen LogP contribution >= 0.6 is 0 Å². The summed E-state index contributed by atoms with van der Waals surface area (Å²) in [5.41, 5.74) is 6.63. The van der Waals surface area contributed by atoms with Crippen LogP contribution in [0.2, 0.25) is 0 Å². The van der Waals surface area contributed by atoms with Crippen molar-refractivity contribution < 1.29 is 12.9 Å². The number of hydrogen-bond acceptors (Lipinski definition) is 5. The maximum atomic E-state index is 10.8. The van der Waals surface area contributed by atoms with E-state index < -0.39 is 10.0 Å². The zero-order chi connectivity index (χ0) is 13.8. The third-order valence-electron chi connectivity index (χ3n) is 2.22. The molecule has 98 valence electrons. The van der Waals surface area contributed by atoms with Gasteiger partial charge in [-0.25, -0.2) is 13.6 Å². The standard InChI is InChI=1S/C6H8N2O2S.C5H7NO/c7-5-3-1-2-4-6(5)11(8,9)10;1-4-3-6-7-5(4)2/h1-4H,7H2,(H2,8,9,10);3H,1-2H3. The van der Waals surface area contributed by atoms with E-state index in [1.165, 1.54) is 12.1 Å². The zero-order valence-electron chi connectivity index (χ0n) is 10.1. The number of anilines is 1. The van der Waals surface area contributed by atoms with E-state index >= 15 is 0 Å². The fraction of sp³-hybridized carbons (Fsp3) is 0.182. The van der Waals surface area contributed by atoms with Gasteiger partial charge in [-0.05, 0) is 26.0 Å². The van der Waals surface area contributed by atoms with E-state index in [1.54, 1.807) is 18.3 Å². The van der Waals surface area contributed by atoms with Crippen molar-refractivity contribution in [2.24, 2.45) is 5.14 Å². The highest BCUT2D eigenvalue weighted by molar-refractivity contribution is 7.89. The van der Waals surface area contributed by atoms with Crippen LogP contribution in [-0.4, -0.2) is 13.6 Å². The van der Waals surface area contributed by atoms with Crippen LogP contribution in [0.25, 0.3) is 0 Å². The van der Waals surface area contributed by atoms with Gasteiger partial charge in [-0.3, -0.25) is 0 Å². The van der Waals surface area contributed by atoms with Gasteiger partial charge in [-0.15, -0.1) is 0 Å². The molecule has 0 bridgehead atoms. The topological polar surface area (TPSA) is 112 Å². The summed E-state index contributed by atoms with van der Waals surface area (Å²) in [7, 11) is -3.66. The molecule has 1 aromatic carbocycles. The van der Waals surface area contributed by atoms with Gasteiger partial charge < -0.3 is 10.3 Å². The molecule has 2 rings (SSSR count). The van der Waals surface area contributed by atoms with Crippen LogP contribution in [-0.2, 0) is 10.0 Å². The summed E-state index contributed by atoms with van der Waals surface area (Å²) in [6, 6.07) is 6.06. The molecule has 1 aromatic heterocycles. The van der Waals surface area contributed by atoms with Crippen molar-refractivity contribution in [2.45, 2.75) is 18.7 Å². The molecule has 0 saturated heterocycles. The van der Waals surface area contributed by atoms with E-state index in [4.69, 9.17) is 15.4 Å². The first-order chi connectivity index (χ1) is 8.32. The second-order valence-corrected chi connectivity index (χ2v) is 5.18. The number of nitrogens with zero attached hydrogens (tertiary/aromatic N) is 1. The number of para-hydroxylation sites is 1. The maximum Gasteiger partial charge on any atom is 0.240 e. The highest BCUT2D eigenvalue weighted by Crippen LogP contribution is 2.14. The third kappa shape index (κ3) is 3.86. The Labute approximate surface area is 106 Å². The average Bonchev–Trinajstić information content (AvgIpc) is 2.63. The second-order valence-electron chi connectivity index (χ2n) is 3.65. The summed E-state index contributed by atoms with van der Waals surface area (Å²) in [4.78, 5) is -0.0278. The van der Waals surface area contributed by atoms with Gasteiger partial charge >= 0.3 is 0 Å². The zero-order valence-corrected chi connectivity index (χ0v) is 10.9. The molecule has 0 spiro atoms. The lowest BCUT2D eigenvalue weighted by Gasteiger charge is -2.00. The molecule has 0 fully saturated rings. The number of sulfonamides is 1. The van der Waals surface area contributed by atoms with Gasteiger partial charge in [0.2, 0.25) is 10.0 Å². The first-order valence-electron chi connectivity index (χ1n) is 5.07. The van der Waals surface area contributed by atoms with E-state index in [2.05, 4.69) is 5.16 Å². The molecule has 0 aliphatic heterocycles. The van der Waals surface area contributed by atoms with Gasteiger partial charge in [0, 0.05) is 5.56 Å². The summed E-state index contributed by atoms with van der Waals surface area (Å²) < 4.78 is 26.2. The molecule has 6 nitrogen and oxygen atoms in total. The molecule has 0 aliphatic carbocycles. The molecule has 0 radical (unpaired) electrons. The Morgan fingerprint density at radius 3 is 2.11 bits per heavy atom. The fourth-order valence-corrected chi connectivity index (χ4v) is 1.75. The van der Waals surface area contributed by atoms with Crippen LogP contribution in [0.4, 0.5) is 5.69 Å². The maximum absolute atomic E-state index is 10.8. The van der Waals surface area contributed by atoms with Crippen molar-refractivity contribution in [1.82, 2.24) is 5.16 Å². The monoisotopic (exact) mass is 269 g/mol. The van der Waals surface area contributed by atoms with Crippen molar-refractivity contribution in [2.75, 3.05) is 5.73 Å². The highest BCUT2D eigenvalue weighted by Gasteiger charge is 2.09. The largest absolute Gasteiger partial charge is 0.398 e. The molecule has 0 aliphatic rings. The highest BCUT2D eigenvalue weighted by atomic mass is 32.2. The molecular formula is C11H15N3O3S. The van der Waals surface area contributed by atoms with Gasteiger partial charge in [-0.1, -0.05) is 17.3 Å². The van der Waals surface area contributed by atoms with Crippen LogP contribution in [0.3, 0.4) is 0 Å². The number of hydrogen-bond donors (Lipinski definition) is 2. The van der Waals surface area contributed by atoms with Gasteiger partial charge in [-0.2, -0.15) is 0 Å². The SMILES string of the molecule is Cc1cnoc1C.Nc1ccccc1S(N)(=O)=O.